The van der Waals surface area contributed by atoms with Gasteiger partial charge < -0.3 is 10.2 Å². The Morgan fingerprint density at radius 3 is 2.65 bits per heavy atom. The van der Waals surface area contributed by atoms with Crippen molar-refractivity contribution in [3.8, 4) is 0 Å². The fourth-order valence-electron chi connectivity index (χ4n) is 2.96. The Labute approximate surface area is 187 Å². The third kappa shape index (κ3) is 7.60. The third-order valence-corrected chi connectivity index (χ3v) is 6.94. The van der Waals surface area contributed by atoms with Crippen LogP contribution in [-0.2, 0) is 21.4 Å². The van der Waals surface area contributed by atoms with Crippen molar-refractivity contribution in [3.05, 3.63) is 42.5 Å². The zero-order valence-corrected chi connectivity index (χ0v) is 19.7. The number of thioether (sulfide) groups is 1. The van der Waals surface area contributed by atoms with Gasteiger partial charge in [0.25, 0.3) is 0 Å². The van der Waals surface area contributed by atoms with E-state index in [1.54, 1.807) is 10.9 Å². The molecular formula is C20H30FN5O3S2. The lowest BCUT2D eigenvalue weighted by molar-refractivity contribution is -0.117. The molecule has 0 aliphatic heterocycles. The van der Waals surface area contributed by atoms with Gasteiger partial charge in [-0.1, -0.05) is 26.0 Å². The van der Waals surface area contributed by atoms with Crippen molar-refractivity contribution in [2.45, 2.75) is 37.8 Å². The van der Waals surface area contributed by atoms with Gasteiger partial charge in [0.1, 0.15) is 16.8 Å². The van der Waals surface area contributed by atoms with Gasteiger partial charge in [-0.2, -0.15) is 21.6 Å². The molecule has 2 rings (SSSR count). The fraction of sp³-hybridized carbons (Fsp3) is 0.500. The Bertz CT molecular complexity index is 948. The second-order valence-corrected chi connectivity index (χ2v) is 9.56. The Morgan fingerprint density at radius 2 is 2.00 bits per heavy atom. The highest BCUT2D eigenvalue weighted by Gasteiger charge is 2.27. The van der Waals surface area contributed by atoms with E-state index in [2.05, 4.69) is 33.9 Å². The molecule has 1 unspecified atom stereocenters. The zero-order valence-electron chi connectivity index (χ0n) is 18.0. The van der Waals surface area contributed by atoms with Crippen LogP contribution in [0.4, 0.5) is 10.1 Å². The van der Waals surface area contributed by atoms with Gasteiger partial charge in [0.05, 0.1) is 18.4 Å². The summed E-state index contributed by atoms with van der Waals surface area (Å²) in [4.78, 5) is 14.6. The first-order valence-electron chi connectivity index (χ1n) is 10.1. The van der Waals surface area contributed by atoms with E-state index >= 15 is 0 Å². The van der Waals surface area contributed by atoms with Crippen LogP contribution in [0.3, 0.4) is 0 Å². The second-order valence-electron chi connectivity index (χ2n) is 6.89. The summed E-state index contributed by atoms with van der Waals surface area (Å²) in [5.74, 6) is -0.827. The minimum absolute atomic E-state index is 0.261. The number of anilines is 1. The van der Waals surface area contributed by atoms with Crippen molar-refractivity contribution in [3.63, 3.8) is 0 Å². The molecule has 2 N–H and O–H groups in total. The summed E-state index contributed by atoms with van der Waals surface area (Å²) in [6.07, 6.45) is 5.35. The lowest BCUT2D eigenvalue weighted by atomic mass is 10.2. The summed E-state index contributed by atoms with van der Waals surface area (Å²) >= 11 is 1.49. The third-order valence-electron chi connectivity index (χ3n) is 4.79. The molecule has 0 saturated carbocycles. The largest absolute Gasteiger partial charge is 0.322 e. The number of aromatic nitrogens is 2. The summed E-state index contributed by atoms with van der Waals surface area (Å²) in [6.45, 7) is 7.58. The molecule has 0 bridgehead atoms. The van der Waals surface area contributed by atoms with Crippen molar-refractivity contribution < 1.29 is 17.6 Å². The van der Waals surface area contributed by atoms with Crippen LogP contribution in [0.25, 0.3) is 0 Å². The lowest BCUT2D eigenvalue weighted by Gasteiger charge is -2.18. The van der Waals surface area contributed by atoms with Gasteiger partial charge in [-0.25, -0.2) is 12.8 Å². The molecular weight excluding hydrogens is 441 g/mol. The van der Waals surface area contributed by atoms with E-state index in [4.69, 9.17) is 0 Å². The van der Waals surface area contributed by atoms with Crippen molar-refractivity contribution in [1.82, 2.24) is 19.4 Å². The molecule has 0 spiro atoms. The summed E-state index contributed by atoms with van der Waals surface area (Å²) < 4.78 is 43.3. The predicted molar refractivity (Wildman–Crippen MR) is 122 cm³/mol. The van der Waals surface area contributed by atoms with Gasteiger partial charge in [-0.15, -0.1) is 0 Å². The van der Waals surface area contributed by atoms with Crippen LogP contribution < -0.4 is 10.0 Å². The zero-order chi connectivity index (χ0) is 22.9. The van der Waals surface area contributed by atoms with Gasteiger partial charge in [0, 0.05) is 12.7 Å². The summed E-state index contributed by atoms with van der Waals surface area (Å²) in [5.41, 5.74) is 0.476. The molecule has 11 heteroatoms. The standard InChI is InChI=1S/C20H30FN5O3S2/c1-4-25(5-2)11-12-26-15-16(14-22-26)23-20(27)18(10-13-30-3)24-31(28,29)19-9-7-6-8-17(19)21/h6-9,14-15,18,24H,4-5,10-13H2,1-3H3,(H,23,27). The van der Waals surface area contributed by atoms with Crippen LogP contribution in [0.15, 0.2) is 41.6 Å². The van der Waals surface area contributed by atoms with Gasteiger partial charge in [0.2, 0.25) is 15.9 Å². The van der Waals surface area contributed by atoms with Crippen LogP contribution in [0.1, 0.15) is 20.3 Å². The maximum Gasteiger partial charge on any atom is 0.244 e. The van der Waals surface area contributed by atoms with Crippen LogP contribution >= 0.6 is 11.8 Å². The maximum absolute atomic E-state index is 14.0. The average molecular weight is 472 g/mol. The van der Waals surface area contributed by atoms with Crippen molar-refractivity contribution in [2.75, 3.05) is 37.0 Å². The van der Waals surface area contributed by atoms with Crippen molar-refractivity contribution >= 4 is 33.4 Å². The molecule has 1 heterocycles. The Kier molecular flexibility index (Phi) is 9.94. The first-order chi connectivity index (χ1) is 14.8. The number of likely N-dealkylation sites (N-methyl/N-ethyl adjacent to an activating group) is 1. The van der Waals surface area contributed by atoms with E-state index in [-0.39, 0.29) is 6.42 Å². The molecule has 31 heavy (non-hydrogen) atoms. The molecule has 172 valence electrons. The smallest absolute Gasteiger partial charge is 0.244 e. The minimum Gasteiger partial charge on any atom is -0.322 e. The van der Waals surface area contributed by atoms with Crippen LogP contribution in [-0.4, -0.2) is 66.7 Å². The lowest BCUT2D eigenvalue weighted by Crippen LogP contribution is -2.44. The highest BCUT2D eigenvalue weighted by molar-refractivity contribution is 7.98. The minimum atomic E-state index is -4.20. The van der Waals surface area contributed by atoms with Gasteiger partial charge in [-0.3, -0.25) is 9.48 Å². The van der Waals surface area contributed by atoms with E-state index in [9.17, 15) is 17.6 Å². The number of amides is 1. The SMILES string of the molecule is CCN(CC)CCn1cc(NC(=O)C(CCSC)NS(=O)(=O)c2ccccc2F)cn1. The van der Waals surface area contributed by atoms with Gasteiger partial charge >= 0.3 is 0 Å². The molecule has 8 nitrogen and oxygen atoms in total. The molecule has 2 aromatic rings. The molecule has 0 aliphatic rings. The number of rotatable bonds is 13. The molecule has 0 radical (unpaired) electrons. The van der Waals surface area contributed by atoms with Crippen molar-refractivity contribution in [1.29, 1.82) is 0 Å². The van der Waals surface area contributed by atoms with E-state index in [0.29, 0.717) is 18.0 Å². The Balaban J connectivity index is 2.07. The maximum atomic E-state index is 14.0. The topological polar surface area (TPSA) is 96.3 Å². The van der Waals surface area contributed by atoms with Crippen molar-refractivity contribution in [2.24, 2.45) is 0 Å². The van der Waals surface area contributed by atoms with Crippen LogP contribution in [0, 0.1) is 5.82 Å². The Hall–Kier alpha value is -1.95. The van der Waals surface area contributed by atoms with E-state index in [0.717, 1.165) is 25.7 Å². The van der Waals surface area contributed by atoms with E-state index in [1.165, 1.54) is 36.2 Å². The van der Waals surface area contributed by atoms with Gasteiger partial charge in [-0.05, 0) is 43.7 Å². The molecule has 1 aromatic heterocycles. The number of nitrogens with zero attached hydrogens (tertiary/aromatic N) is 3. The predicted octanol–water partition coefficient (Wildman–Crippen LogP) is 2.40. The quantitative estimate of drug-likeness (QED) is 0.466. The number of sulfonamides is 1. The van der Waals surface area contributed by atoms with Gasteiger partial charge in [0.15, 0.2) is 0 Å². The summed E-state index contributed by atoms with van der Waals surface area (Å²) in [6, 6.07) is 4.03. The second kappa shape index (κ2) is 12.2. The number of halogens is 1. The number of hydrogen-bond donors (Lipinski definition) is 2. The first-order valence-corrected chi connectivity index (χ1v) is 13.0. The van der Waals surface area contributed by atoms with E-state index < -0.39 is 32.7 Å². The number of nitrogens with one attached hydrogen (secondary N) is 2. The molecule has 1 amide bonds. The number of carbonyl (C=O) groups excluding carboxylic acids is 1. The molecule has 0 aliphatic carbocycles. The normalized spacial score (nSPS) is 12.8. The Morgan fingerprint density at radius 1 is 1.29 bits per heavy atom. The molecule has 0 fully saturated rings. The molecule has 1 atom stereocenters. The van der Waals surface area contributed by atoms with Crippen LogP contribution in [0.2, 0.25) is 0 Å². The highest BCUT2D eigenvalue weighted by Crippen LogP contribution is 2.16. The average Bonchev–Trinajstić information content (AvgIpc) is 3.19. The number of carbonyl (C=O) groups is 1. The highest BCUT2D eigenvalue weighted by atomic mass is 32.2. The van der Waals surface area contributed by atoms with Crippen LogP contribution in [0.5, 0.6) is 0 Å². The molecule has 1 aromatic carbocycles. The fourth-order valence-corrected chi connectivity index (χ4v) is 4.74. The monoisotopic (exact) mass is 471 g/mol. The summed E-state index contributed by atoms with van der Waals surface area (Å²) in [7, 11) is -4.20. The molecule has 0 saturated heterocycles. The summed E-state index contributed by atoms with van der Waals surface area (Å²) in [5, 5.41) is 6.96. The first kappa shape index (κ1) is 25.3. The van der Waals surface area contributed by atoms with E-state index in [1.807, 2.05) is 6.26 Å². The number of benzene rings is 1. The number of hydrogen-bond acceptors (Lipinski definition) is 6.